The zero-order valence-electron chi connectivity index (χ0n) is 11.4. The molecule has 1 aliphatic carbocycles. The standard InChI is InChI=1S/C18H20O/c1-14-4-6-15(7-5-14)16-8-10-17(11-9-16)18(19)12-2-3-13-18/h4-11,19H,2-3,12-13H2,1H3. The molecular formula is C18H20O. The predicted octanol–water partition coefficient (Wildman–Crippen LogP) is 4.42. The molecule has 2 aromatic carbocycles. The van der Waals surface area contributed by atoms with Gasteiger partial charge >= 0.3 is 0 Å². The second-order valence-corrected chi connectivity index (χ2v) is 5.68. The normalized spacial score (nSPS) is 17.6. The van der Waals surface area contributed by atoms with Gasteiger partial charge in [-0.05, 0) is 36.5 Å². The lowest BCUT2D eigenvalue weighted by Crippen LogP contribution is -2.20. The zero-order valence-corrected chi connectivity index (χ0v) is 11.4. The van der Waals surface area contributed by atoms with E-state index in [-0.39, 0.29) is 0 Å². The Balaban J connectivity index is 1.88. The summed E-state index contributed by atoms with van der Waals surface area (Å²) < 4.78 is 0. The Morgan fingerprint density at radius 3 is 1.79 bits per heavy atom. The first-order valence-electron chi connectivity index (χ1n) is 7.07. The van der Waals surface area contributed by atoms with E-state index in [4.69, 9.17) is 0 Å². The van der Waals surface area contributed by atoms with E-state index in [1.54, 1.807) is 0 Å². The van der Waals surface area contributed by atoms with E-state index in [9.17, 15) is 5.11 Å². The van der Waals surface area contributed by atoms with Gasteiger partial charge in [0, 0.05) is 0 Å². The molecule has 0 aromatic heterocycles. The average molecular weight is 252 g/mol. The van der Waals surface area contributed by atoms with Gasteiger partial charge in [0.2, 0.25) is 0 Å². The third kappa shape index (κ3) is 2.43. The molecule has 0 unspecified atom stereocenters. The highest BCUT2D eigenvalue weighted by molar-refractivity contribution is 5.64. The van der Waals surface area contributed by atoms with E-state index in [2.05, 4.69) is 55.5 Å². The molecule has 0 amide bonds. The van der Waals surface area contributed by atoms with Gasteiger partial charge in [-0.2, -0.15) is 0 Å². The Bertz CT molecular complexity index is 545. The van der Waals surface area contributed by atoms with Crippen LogP contribution >= 0.6 is 0 Å². The molecule has 2 aromatic rings. The molecule has 1 heteroatoms. The lowest BCUT2D eigenvalue weighted by Gasteiger charge is -2.22. The van der Waals surface area contributed by atoms with Gasteiger partial charge in [0.05, 0.1) is 5.60 Å². The molecular weight excluding hydrogens is 232 g/mol. The van der Waals surface area contributed by atoms with Gasteiger partial charge in [-0.15, -0.1) is 0 Å². The molecule has 0 heterocycles. The molecule has 0 bridgehead atoms. The van der Waals surface area contributed by atoms with Gasteiger partial charge in [0.15, 0.2) is 0 Å². The summed E-state index contributed by atoms with van der Waals surface area (Å²) in [5.74, 6) is 0. The first kappa shape index (κ1) is 12.4. The fourth-order valence-corrected chi connectivity index (χ4v) is 2.97. The molecule has 0 aliphatic heterocycles. The number of rotatable bonds is 2. The van der Waals surface area contributed by atoms with Crippen LogP contribution in [0.3, 0.4) is 0 Å². The number of hydrogen-bond acceptors (Lipinski definition) is 1. The minimum atomic E-state index is -0.578. The van der Waals surface area contributed by atoms with Crippen molar-refractivity contribution >= 4 is 0 Å². The smallest absolute Gasteiger partial charge is 0.0896 e. The van der Waals surface area contributed by atoms with Crippen LogP contribution in [-0.4, -0.2) is 5.11 Å². The monoisotopic (exact) mass is 252 g/mol. The zero-order chi connectivity index (χ0) is 13.3. The van der Waals surface area contributed by atoms with Crippen LogP contribution in [0.15, 0.2) is 48.5 Å². The maximum absolute atomic E-state index is 10.6. The van der Waals surface area contributed by atoms with Crippen LogP contribution in [0.4, 0.5) is 0 Å². The Labute approximate surface area is 114 Å². The minimum absolute atomic E-state index is 0.578. The summed E-state index contributed by atoms with van der Waals surface area (Å²) in [4.78, 5) is 0. The van der Waals surface area contributed by atoms with Gasteiger partial charge in [-0.3, -0.25) is 0 Å². The van der Waals surface area contributed by atoms with E-state index in [0.717, 1.165) is 31.2 Å². The van der Waals surface area contributed by atoms with Crippen molar-refractivity contribution in [3.05, 3.63) is 59.7 Å². The second kappa shape index (κ2) is 4.82. The summed E-state index contributed by atoms with van der Waals surface area (Å²) in [6.07, 6.45) is 4.07. The molecule has 1 aliphatic rings. The predicted molar refractivity (Wildman–Crippen MR) is 79.0 cm³/mol. The molecule has 3 rings (SSSR count). The highest BCUT2D eigenvalue weighted by atomic mass is 16.3. The van der Waals surface area contributed by atoms with E-state index >= 15 is 0 Å². The van der Waals surface area contributed by atoms with Crippen molar-refractivity contribution < 1.29 is 5.11 Å². The van der Waals surface area contributed by atoms with Crippen molar-refractivity contribution in [3.8, 4) is 11.1 Å². The van der Waals surface area contributed by atoms with E-state index in [1.807, 2.05) is 0 Å². The lowest BCUT2D eigenvalue weighted by atomic mass is 9.91. The average Bonchev–Trinajstić information content (AvgIpc) is 2.88. The Morgan fingerprint density at radius 2 is 1.26 bits per heavy atom. The summed E-state index contributed by atoms with van der Waals surface area (Å²) in [6.45, 7) is 2.10. The molecule has 0 spiro atoms. The summed E-state index contributed by atoms with van der Waals surface area (Å²) in [5.41, 5.74) is 4.22. The molecule has 19 heavy (non-hydrogen) atoms. The highest BCUT2D eigenvalue weighted by Crippen LogP contribution is 2.38. The highest BCUT2D eigenvalue weighted by Gasteiger charge is 2.32. The van der Waals surface area contributed by atoms with Crippen LogP contribution in [-0.2, 0) is 5.60 Å². The topological polar surface area (TPSA) is 20.2 Å². The van der Waals surface area contributed by atoms with Crippen molar-refractivity contribution in [3.63, 3.8) is 0 Å². The van der Waals surface area contributed by atoms with Crippen molar-refractivity contribution in [2.24, 2.45) is 0 Å². The molecule has 1 saturated carbocycles. The van der Waals surface area contributed by atoms with E-state index < -0.39 is 5.60 Å². The molecule has 1 N–H and O–H groups in total. The Morgan fingerprint density at radius 1 is 0.789 bits per heavy atom. The van der Waals surface area contributed by atoms with Crippen molar-refractivity contribution in [2.75, 3.05) is 0 Å². The van der Waals surface area contributed by atoms with Gasteiger partial charge in [-0.1, -0.05) is 66.9 Å². The van der Waals surface area contributed by atoms with Gasteiger partial charge in [0.1, 0.15) is 0 Å². The van der Waals surface area contributed by atoms with Crippen LogP contribution in [0.5, 0.6) is 0 Å². The number of hydrogen-bond donors (Lipinski definition) is 1. The van der Waals surface area contributed by atoms with Crippen LogP contribution in [0.25, 0.3) is 11.1 Å². The lowest BCUT2D eigenvalue weighted by molar-refractivity contribution is 0.0445. The van der Waals surface area contributed by atoms with Crippen molar-refractivity contribution in [1.29, 1.82) is 0 Å². The first-order chi connectivity index (χ1) is 9.17. The largest absolute Gasteiger partial charge is 0.385 e. The second-order valence-electron chi connectivity index (χ2n) is 5.68. The fraction of sp³-hybridized carbons (Fsp3) is 0.333. The molecule has 0 atom stereocenters. The first-order valence-corrected chi connectivity index (χ1v) is 7.07. The van der Waals surface area contributed by atoms with Crippen molar-refractivity contribution in [1.82, 2.24) is 0 Å². The van der Waals surface area contributed by atoms with Gasteiger partial charge < -0.3 is 5.11 Å². The fourth-order valence-electron chi connectivity index (χ4n) is 2.97. The van der Waals surface area contributed by atoms with Crippen molar-refractivity contribution in [2.45, 2.75) is 38.2 Å². The summed E-state index contributed by atoms with van der Waals surface area (Å²) in [5, 5.41) is 10.6. The number of aryl methyl sites for hydroxylation is 1. The molecule has 98 valence electrons. The Hall–Kier alpha value is -1.60. The van der Waals surface area contributed by atoms with Crippen LogP contribution in [0.2, 0.25) is 0 Å². The van der Waals surface area contributed by atoms with Crippen LogP contribution in [0.1, 0.15) is 36.8 Å². The quantitative estimate of drug-likeness (QED) is 0.838. The minimum Gasteiger partial charge on any atom is -0.385 e. The van der Waals surface area contributed by atoms with Crippen LogP contribution in [0, 0.1) is 6.92 Å². The van der Waals surface area contributed by atoms with E-state index in [1.165, 1.54) is 16.7 Å². The van der Waals surface area contributed by atoms with Crippen LogP contribution < -0.4 is 0 Å². The molecule has 0 radical (unpaired) electrons. The summed E-state index contributed by atoms with van der Waals surface area (Å²) >= 11 is 0. The van der Waals surface area contributed by atoms with E-state index in [0.29, 0.717) is 0 Å². The van der Waals surface area contributed by atoms with Gasteiger partial charge in [0.25, 0.3) is 0 Å². The molecule has 0 saturated heterocycles. The third-order valence-electron chi connectivity index (χ3n) is 4.24. The molecule has 1 nitrogen and oxygen atoms in total. The maximum Gasteiger partial charge on any atom is 0.0896 e. The Kier molecular flexibility index (Phi) is 3.16. The third-order valence-corrected chi connectivity index (χ3v) is 4.24. The molecule has 1 fully saturated rings. The summed E-state index contributed by atoms with van der Waals surface area (Å²) in [6, 6.07) is 17.0. The van der Waals surface area contributed by atoms with Gasteiger partial charge in [-0.25, -0.2) is 0 Å². The maximum atomic E-state index is 10.6. The summed E-state index contributed by atoms with van der Waals surface area (Å²) in [7, 11) is 0. The number of aliphatic hydroxyl groups is 1. The SMILES string of the molecule is Cc1ccc(-c2ccc(C3(O)CCCC3)cc2)cc1. The number of benzene rings is 2.